The highest BCUT2D eigenvalue weighted by Crippen LogP contribution is 2.43. The molecule has 0 saturated carbocycles. The molecule has 2 aromatic carbocycles. The summed E-state index contributed by atoms with van der Waals surface area (Å²) in [5, 5.41) is 2.94. The van der Waals surface area contributed by atoms with Gasteiger partial charge in [0.05, 0.1) is 0 Å². The maximum Gasteiger partial charge on any atom is 0.338 e. The van der Waals surface area contributed by atoms with Crippen LogP contribution < -0.4 is 9.61 Å². The Morgan fingerprint density at radius 3 is 2.15 bits per heavy atom. The molecule has 0 aliphatic heterocycles. The first-order valence-corrected chi connectivity index (χ1v) is 8.74. The van der Waals surface area contributed by atoms with Crippen LogP contribution in [0.2, 0.25) is 0 Å². The smallest absolute Gasteiger partial charge is 0.338 e. The van der Waals surface area contributed by atoms with Crippen molar-refractivity contribution in [2.45, 2.75) is 19.8 Å². The van der Waals surface area contributed by atoms with Crippen molar-refractivity contribution in [1.29, 1.82) is 0 Å². The second-order valence-electron chi connectivity index (χ2n) is 5.14. The van der Waals surface area contributed by atoms with E-state index in [0.717, 1.165) is 5.69 Å². The van der Waals surface area contributed by atoms with Gasteiger partial charge in [0.1, 0.15) is 5.75 Å². The molecule has 0 saturated heterocycles. The molecule has 106 valence electrons. The van der Waals surface area contributed by atoms with Crippen LogP contribution in [-0.4, -0.2) is 6.66 Å². The number of hydrogen-bond donors (Lipinski definition) is 1. The fourth-order valence-corrected chi connectivity index (χ4v) is 3.07. The predicted molar refractivity (Wildman–Crippen MR) is 84.8 cm³/mol. The van der Waals surface area contributed by atoms with E-state index in [1.165, 1.54) is 5.56 Å². The van der Waals surface area contributed by atoms with Gasteiger partial charge in [-0.05, 0) is 35.7 Å². The summed E-state index contributed by atoms with van der Waals surface area (Å²) in [6, 6.07) is 17.1. The van der Waals surface area contributed by atoms with Gasteiger partial charge in [-0.3, -0.25) is 4.57 Å². The van der Waals surface area contributed by atoms with Crippen LogP contribution in [0.15, 0.2) is 54.6 Å². The van der Waals surface area contributed by atoms with E-state index in [4.69, 9.17) is 4.52 Å². The summed E-state index contributed by atoms with van der Waals surface area (Å²) in [6.45, 7) is 5.85. The lowest BCUT2D eigenvalue weighted by Gasteiger charge is -2.17. The van der Waals surface area contributed by atoms with E-state index in [9.17, 15) is 4.57 Å². The van der Waals surface area contributed by atoms with Gasteiger partial charge in [-0.1, -0.05) is 44.2 Å². The summed E-state index contributed by atoms with van der Waals surface area (Å²) in [7, 11) is -2.93. The molecule has 3 nitrogen and oxygen atoms in total. The van der Waals surface area contributed by atoms with Crippen molar-refractivity contribution in [3.05, 3.63) is 60.2 Å². The number of benzene rings is 2. The van der Waals surface area contributed by atoms with Gasteiger partial charge in [0.15, 0.2) is 0 Å². The second-order valence-corrected chi connectivity index (χ2v) is 7.24. The Hall–Kier alpha value is -1.73. The molecule has 0 heterocycles. The van der Waals surface area contributed by atoms with Crippen LogP contribution in [-0.2, 0) is 4.57 Å². The molecule has 0 spiro atoms. The van der Waals surface area contributed by atoms with Gasteiger partial charge < -0.3 is 9.61 Å². The molecule has 2 rings (SSSR count). The number of anilines is 1. The van der Waals surface area contributed by atoms with Gasteiger partial charge >= 0.3 is 7.52 Å². The minimum Gasteiger partial charge on any atom is -0.429 e. The van der Waals surface area contributed by atoms with Crippen LogP contribution >= 0.6 is 7.52 Å². The third-order valence-corrected chi connectivity index (χ3v) is 4.16. The molecule has 0 aliphatic rings. The third-order valence-electron chi connectivity index (χ3n) is 2.93. The van der Waals surface area contributed by atoms with E-state index in [-0.39, 0.29) is 0 Å². The maximum absolute atomic E-state index is 12.4. The molecule has 0 bridgehead atoms. The van der Waals surface area contributed by atoms with Gasteiger partial charge in [0.25, 0.3) is 0 Å². The maximum atomic E-state index is 12.4. The lowest BCUT2D eigenvalue weighted by Crippen LogP contribution is -2.02. The van der Waals surface area contributed by atoms with Crippen LogP contribution in [0.25, 0.3) is 0 Å². The average molecular weight is 289 g/mol. The highest BCUT2D eigenvalue weighted by Gasteiger charge is 2.17. The SMILES string of the molecule is CC(C)c1ccc(O[P@](C)(=O)Nc2ccccc2)cc1. The zero-order valence-electron chi connectivity index (χ0n) is 12.0. The Morgan fingerprint density at radius 1 is 1.00 bits per heavy atom. The topological polar surface area (TPSA) is 38.3 Å². The van der Waals surface area contributed by atoms with Crippen molar-refractivity contribution in [3.63, 3.8) is 0 Å². The molecule has 1 N–H and O–H groups in total. The van der Waals surface area contributed by atoms with Crippen LogP contribution in [0.1, 0.15) is 25.3 Å². The van der Waals surface area contributed by atoms with Crippen LogP contribution in [0.4, 0.5) is 5.69 Å². The second kappa shape index (κ2) is 6.15. The van der Waals surface area contributed by atoms with Crippen molar-refractivity contribution < 1.29 is 9.09 Å². The zero-order chi connectivity index (χ0) is 14.6. The summed E-state index contributed by atoms with van der Waals surface area (Å²) in [6.07, 6.45) is 0. The first-order valence-electron chi connectivity index (χ1n) is 6.67. The Balaban J connectivity index is 2.06. The summed E-state index contributed by atoms with van der Waals surface area (Å²) in [5.74, 6) is 1.09. The van der Waals surface area contributed by atoms with Crippen molar-refractivity contribution in [2.24, 2.45) is 0 Å². The highest BCUT2D eigenvalue weighted by molar-refractivity contribution is 7.60. The standard InChI is InChI=1S/C16H20NO2P/c1-13(2)14-9-11-16(12-10-14)19-20(3,18)17-15-7-5-4-6-8-15/h4-13H,1-3H3,(H,17,18)/t20-/m0/s1. The monoisotopic (exact) mass is 289 g/mol. The summed E-state index contributed by atoms with van der Waals surface area (Å²) in [4.78, 5) is 0. The zero-order valence-corrected chi connectivity index (χ0v) is 12.9. The Kier molecular flexibility index (Phi) is 4.51. The summed E-state index contributed by atoms with van der Waals surface area (Å²) >= 11 is 0. The first kappa shape index (κ1) is 14.7. The van der Waals surface area contributed by atoms with Crippen LogP contribution in [0.3, 0.4) is 0 Å². The highest BCUT2D eigenvalue weighted by atomic mass is 31.2. The summed E-state index contributed by atoms with van der Waals surface area (Å²) < 4.78 is 18.0. The molecular weight excluding hydrogens is 269 g/mol. The Bertz CT molecular complexity index is 594. The van der Waals surface area contributed by atoms with Crippen molar-refractivity contribution in [1.82, 2.24) is 0 Å². The summed E-state index contributed by atoms with van der Waals surface area (Å²) in [5.41, 5.74) is 2.02. The van der Waals surface area contributed by atoms with Crippen LogP contribution in [0.5, 0.6) is 5.75 Å². The van der Waals surface area contributed by atoms with Gasteiger partial charge in [0.2, 0.25) is 0 Å². The average Bonchev–Trinajstić information content (AvgIpc) is 2.39. The molecule has 2 aromatic rings. The molecule has 0 aromatic heterocycles. The van der Waals surface area contributed by atoms with Crippen molar-refractivity contribution in [3.8, 4) is 5.75 Å². The van der Waals surface area contributed by atoms with E-state index >= 15 is 0 Å². The molecule has 0 radical (unpaired) electrons. The van der Waals surface area contributed by atoms with Gasteiger partial charge in [-0.2, -0.15) is 0 Å². The van der Waals surface area contributed by atoms with Crippen LogP contribution in [0, 0.1) is 0 Å². The fraction of sp³-hybridized carbons (Fsp3) is 0.250. The molecule has 1 atom stereocenters. The first-order chi connectivity index (χ1) is 9.46. The lowest BCUT2D eigenvalue weighted by atomic mass is 10.0. The van der Waals surface area contributed by atoms with E-state index < -0.39 is 7.52 Å². The molecule has 20 heavy (non-hydrogen) atoms. The van der Waals surface area contributed by atoms with Gasteiger partial charge in [-0.25, -0.2) is 0 Å². The lowest BCUT2D eigenvalue weighted by molar-refractivity contribution is 0.493. The molecule has 0 amide bonds. The van der Waals surface area contributed by atoms with E-state index in [2.05, 4.69) is 18.9 Å². The van der Waals surface area contributed by atoms with Gasteiger partial charge in [0, 0.05) is 12.4 Å². The normalized spacial score (nSPS) is 13.8. The number of hydrogen-bond acceptors (Lipinski definition) is 2. The minimum absolute atomic E-state index is 0.472. The largest absolute Gasteiger partial charge is 0.429 e. The van der Waals surface area contributed by atoms with Crippen molar-refractivity contribution in [2.75, 3.05) is 11.8 Å². The van der Waals surface area contributed by atoms with Crippen molar-refractivity contribution >= 4 is 13.2 Å². The van der Waals surface area contributed by atoms with E-state index in [1.54, 1.807) is 6.66 Å². The van der Waals surface area contributed by atoms with E-state index in [0.29, 0.717) is 11.7 Å². The molecule has 0 unspecified atom stereocenters. The van der Waals surface area contributed by atoms with E-state index in [1.807, 2.05) is 54.6 Å². The Labute approximate surface area is 120 Å². The quantitative estimate of drug-likeness (QED) is 0.776. The number of para-hydroxylation sites is 1. The molecule has 0 fully saturated rings. The minimum atomic E-state index is -2.93. The Morgan fingerprint density at radius 2 is 1.60 bits per heavy atom. The molecular formula is C16H20NO2P. The molecule has 0 aliphatic carbocycles. The fourth-order valence-electron chi connectivity index (χ4n) is 1.88. The predicted octanol–water partition coefficient (Wildman–Crippen LogP) is 5.12. The number of rotatable bonds is 5. The number of nitrogens with one attached hydrogen (secondary N) is 1. The molecule has 4 heteroatoms. The van der Waals surface area contributed by atoms with Gasteiger partial charge in [-0.15, -0.1) is 0 Å². The third kappa shape index (κ3) is 4.14.